The normalized spacial score (nSPS) is 16.4. The lowest BCUT2D eigenvalue weighted by Gasteiger charge is -2.31. The third kappa shape index (κ3) is 3.81. The molecule has 0 aliphatic carbocycles. The summed E-state index contributed by atoms with van der Waals surface area (Å²) in [6.07, 6.45) is 4.71. The number of hydrogen-bond donors (Lipinski definition) is 1. The van der Waals surface area contributed by atoms with E-state index in [0.717, 1.165) is 32.4 Å². The Morgan fingerprint density at radius 2 is 2.26 bits per heavy atom. The molecule has 0 spiro atoms. The standard InChI is InChI=1S/C13H19N3O3/c1-19-11-4-7-14-13(15-11)16-8-5-10(6-9-16)2-3-12(17)18/h4,7,10H,2-3,5-6,8-9H2,1H3,(H,17,18). The first-order valence-corrected chi connectivity index (χ1v) is 6.53. The molecule has 1 fully saturated rings. The van der Waals surface area contributed by atoms with E-state index in [4.69, 9.17) is 9.84 Å². The van der Waals surface area contributed by atoms with Crippen LogP contribution in [-0.2, 0) is 4.79 Å². The summed E-state index contributed by atoms with van der Waals surface area (Å²) in [6, 6.07) is 1.73. The second-order valence-electron chi connectivity index (χ2n) is 4.76. The van der Waals surface area contributed by atoms with Gasteiger partial charge in [-0.15, -0.1) is 0 Å². The molecular formula is C13H19N3O3. The fourth-order valence-electron chi connectivity index (χ4n) is 2.35. The Labute approximate surface area is 112 Å². The average Bonchev–Trinajstić information content (AvgIpc) is 2.45. The van der Waals surface area contributed by atoms with Crippen molar-refractivity contribution in [1.82, 2.24) is 9.97 Å². The van der Waals surface area contributed by atoms with Crippen molar-refractivity contribution in [3.63, 3.8) is 0 Å². The summed E-state index contributed by atoms with van der Waals surface area (Å²) in [5.74, 6) is 1.05. The van der Waals surface area contributed by atoms with Gasteiger partial charge in [0.15, 0.2) is 0 Å². The second kappa shape index (κ2) is 6.36. The zero-order chi connectivity index (χ0) is 13.7. The van der Waals surface area contributed by atoms with E-state index in [1.807, 2.05) is 0 Å². The van der Waals surface area contributed by atoms with Crippen LogP contribution >= 0.6 is 0 Å². The number of carboxylic acid groups (broad SMARTS) is 1. The van der Waals surface area contributed by atoms with Crippen LogP contribution in [0, 0.1) is 5.92 Å². The number of nitrogens with zero attached hydrogens (tertiary/aromatic N) is 3. The van der Waals surface area contributed by atoms with Crippen LogP contribution in [0.3, 0.4) is 0 Å². The van der Waals surface area contributed by atoms with Crippen molar-refractivity contribution in [2.75, 3.05) is 25.1 Å². The van der Waals surface area contributed by atoms with Crippen molar-refractivity contribution in [1.29, 1.82) is 0 Å². The molecule has 19 heavy (non-hydrogen) atoms. The van der Waals surface area contributed by atoms with Crippen molar-refractivity contribution in [2.24, 2.45) is 5.92 Å². The summed E-state index contributed by atoms with van der Waals surface area (Å²) in [4.78, 5) is 21.2. The Morgan fingerprint density at radius 3 is 2.89 bits per heavy atom. The monoisotopic (exact) mass is 265 g/mol. The quantitative estimate of drug-likeness (QED) is 0.871. The van der Waals surface area contributed by atoms with Gasteiger partial charge in [0.1, 0.15) is 0 Å². The first kappa shape index (κ1) is 13.6. The number of piperidine rings is 1. The number of ether oxygens (including phenoxy) is 1. The predicted octanol–water partition coefficient (Wildman–Crippen LogP) is 1.57. The zero-order valence-electron chi connectivity index (χ0n) is 11.1. The number of rotatable bonds is 5. The number of carboxylic acids is 1. The van der Waals surface area contributed by atoms with Crippen molar-refractivity contribution >= 4 is 11.9 Å². The van der Waals surface area contributed by atoms with Crippen LogP contribution in [0.25, 0.3) is 0 Å². The van der Waals surface area contributed by atoms with Gasteiger partial charge in [-0.3, -0.25) is 4.79 Å². The lowest BCUT2D eigenvalue weighted by Crippen LogP contribution is -2.35. The Bertz CT molecular complexity index is 431. The highest BCUT2D eigenvalue weighted by Gasteiger charge is 2.21. The van der Waals surface area contributed by atoms with Crippen LogP contribution < -0.4 is 9.64 Å². The molecule has 0 radical (unpaired) electrons. The van der Waals surface area contributed by atoms with Gasteiger partial charge < -0.3 is 14.7 Å². The van der Waals surface area contributed by atoms with Crippen molar-refractivity contribution in [3.05, 3.63) is 12.3 Å². The molecule has 0 atom stereocenters. The third-order valence-electron chi connectivity index (χ3n) is 3.49. The van der Waals surface area contributed by atoms with Crippen LogP contribution in [0.4, 0.5) is 5.95 Å². The largest absolute Gasteiger partial charge is 0.481 e. The average molecular weight is 265 g/mol. The van der Waals surface area contributed by atoms with E-state index in [1.165, 1.54) is 0 Å². The summed E-state index contributed by atoms with van der Waals surface area (Å²) < 4.78 is 5.09. The lowest BCUT2D eigenvalue weighted by molar-refractivity contribution is -0.137. The number of carbonyl (C=O) groups is 1. The van der Waals surface area contributed by atoms with Crippen LogP contribution in [0.15, 0.2) is 12.3 Å². The van der Waals surface area contributed by atoms with E-state index in [1.54, 1.807) is 19.4 Å². The van der Waals surface area contributed by atoms with Gasteiger partial charge in [-0.2, -0.15) is 4.98 Å². The van der Waals surface area contributed by atoms with Gasteiger partial charge >= 0.3 is 5.97 Å². The molecule has 1 aliphatic heterocycles. The third-order valence-corrected chi connectivity index (χ3v) is 3.49. The molecule has 1 N–H and O–H groups in total. The lowest BCUT2D eigenvalue weighted by atomic mass is 9.92. The zero-order valence-corrected chi connectivity index (χ0v) is 11.1. The van der Waals surface area contributed by atoms with Gasteiger partial charge in [0, 0.05) is 31.8 Å². The minimum absolute atomic E-state index is 0.264. The Morgan fingerprint density at radius 1 is 1.53 bits per heavy atom. The maximum Gasteiger partial charge on any atom is 0.303 e. The molecule has 1 aliphatic rings. The molecule has 0 unspecified atom stereocenters. The molecule has 2 heterocycles. The van der Waals surface area contributed by atoms with E-state index in [-0.39, 0.29) is 6.42 Å². The van der Waals surface area contributed by atoms with Gasteiger partial charge in [0.05, 0.1) is 7.11 Å². The van der Waals surface area contributed by atoms with E-state index in [2.05, 4.69) is 14.9 Å². The van der Waals surface area contributed by atoms with E-state index >= 15 is 0 Å². The van der Waals surface area contributed by atoms with Gasteiger partial charge in [0.2, 0.25) is 11.8 Å². The smallest absolute Gasteiger partial charge is 0.303 e. The van der Waals surface area contributed by atoms with Crippen molar-refractivity contribution in [3.8, 4) is 5.88 Å². The summed E-state index contributed by atoms with van der Waals surface area (Å²) >= 11 is 0. The maximum atomic E-state index is 10.6. The van der Waals surface area contributed by atoms with Crippen LogP contribution in [-0.4, -0.2) is 41.2 Å². The van der Waals surface area contributed by atoms with Crippen LogP contribution in [0.2, 0.25) is 0 Å². The fraction of sp³-hybridized carbons (Fsp3) is 0.615. The van der Waals surface area contributed by atoms with Crippen LogP contribution in [0.5, 0.6) is 5.88 Å². The Balaban J connectivity index is 1.87. The number of methoxy groups -OCH3 is 1. The van der Waals surface area contributed by atoms with E-state index < -0.39 is 5.97 Å². The van der Waals surface area contributed by atoms with Crippen LogP contribution in [0.1, 0.15) is 25.7 Å². The molecule has 0 aromatic carbocycles. The first-order valence-electron chi connectivity index (χ1n) is 6.53. The molecule has 0 amide bonds. The topological polar surface area (TPSA) is 75.5 Å². The van der Waals surface area contributed by atoms with Crippen molar-refractivity contribution < 1.29 is 14.6 Å². The summed E-state index contributed by atoms with van der Waals surface area (Å²) in [5, 5.41) is 8.69. The molecule has 1 aromatic rings. The molecule has 104 valence electrons. The summed E-state index contributed by atoms with van der Waals surface area (Å²) in [7, 11) is 1.59. The minimum atomic E-state index is -0.710. The Hall–Kier alpha value is -1.85. The van der Waals surface area contributed by atoms with Gasteiger partial charge in [-0.05, 0) is 25.2 Å². The highest BCUT2D eigenvalue weighted by Crippen LogP contribution is 2.24. The second-order valence-corrected chi connectivity index (χ2v) is 4.76. The van der Waals surface area contributed by atoms with Crippen molar-refractivity contribution in [2.45, 2.75) is 25.7 Å². The minimum Gasteiger partial charge on any atom is -0.481 e. The Kier molecular flexibility index (Phi) is 4.54. The highest BCUT2D eigenvalue weighted by atomic mass is 16.5. The number of anilines is 1. The molecule has 1 saturated heterocycles. The highest BCUT2D eigenvalue weighted by molar-refractivity contribution is 5.66. The summed E-state index contributed by atoms with van der Waals surface area (Å²) in [6.45, 7) is 1.74. The SMILES string of the molecule is COc1ccnc(N2CCC(CCC(=O)O)CC2)n1. The van der Waals surface area contributed by atoms with Gasteiger partial charge in [-0.25, -0.2) is 4.98 Å². The number of aromatic nitrogens is 2. The molecule has 1 aromatic heterocycles. The van der Waals surface area contributed by atoms with E-state index in [9.17, 15) is 4.79 Å². The van der Waals surface area contributed by atoms with Gasteiger partial charge in [0.25, 0.3) is 0 Å². The maximum absolute atomic E-state index is 10.6. The number of aliphatic carboxylic acids is 1. The predicted molar refractivity (Wildman–Crippen MR) is 70.4 cm³/mol. The molecule has 6 nitrogen and oxygen atoms in total. The molecule has 2 rings (SSSR count). The molecular weight excluding hydrogens is 246 g/mol. The first-order chi connectivity index (χ1) is 9.19. The van der Waals surface area contributed by atoms with E-state index in [0.29, 0.717) is 17.7 Å². The molecule has 0 bridgehead atoms. The summed E-state index contributed by atoms with van der Waals surface area (Å²) in [5.41, 5.74) is 0. The van der Waals surface area contributed by atoms with Gasteiger partial charge in [-0.1, -0.05) is 0 Å². The molecule has 0 saturated carbocycles. The number of hydrogen-bond acceptors (Lipinski definition) is 5. The molecule has 6 heteroatoms. The fourth-order valence-corrected chi connectivity index (χ4v) is 2.35.